The van der Waals surface area contributed by atoms with E-state index in [2.05, 4.69) is 5.32 Å². The molecule has 0 aliphatic heterocycles. The summed E-state index contributed by atoms with van der Waals surface area (Å²) in [4.78, 5) is 12.0. The third kappa shape index (κ3) is 4.95. The predicted octanol–water partition coefficient (Wildman–Crippen LogP) is 2.91. The molecule has 1 amide bonds. The molecule has 1 aromatic carbocycles. The van der Waals surface area contributed by atoms with Crippen molar-refractivity contribution in [1.29, 1.82) is 0 Å². The first-order chi connectivity index (χ1) is 8.73. The third-order valence-corrected chi connectivity index (χ3v) is 2.70. The molecule has 106 valence electrons. The fourth-order valence-electron chi connectivity index (χ4n) is 1.85. The molecule has 5 heteroatoms. The summed E-state index contributed by atoms with van der Waals surface area (Å²) in [6, 6.07) is 2.94. The van der Waals surface area contributed by atoms with Crippen molar-refractivity contribution in [3.8, 4) is 0 Å². The molecule has 0 bridgehead atoms. The van der Waals surface area contributed by atoms with Gasteiger partial charge in [0, 0.05) is 12.6 Å². The van der Waals surface area contributed by atoms with Gasteiger partial charge in [0.2, 0.25) is 5.91 Å². The van der Waals surface area contributed by atoms with Crippen LogP contribution in [0.5, 0.6) is 0 Å². The van der Waals surface area contributed by atoms with Crippen LogP contribution in [0.15, 0.2) is 18.2 Å². The standard InChI is InChI=1S/C14H20F2N2O/c1-14(2,3)7-9(8-17)13(19)18-12-6-10(15)4-5-11(12)16/h4-6,9H,7-8,17H2,1-3H3,(H,18,19). The van der Waals surface area contributed by atoms with Gasteiger partial charge in [-0.05, 0) is 24.0 Å². The Bertz CT molecular complexity index is 455. The molecule has 0 aliphatic carbocycles. The molecule has 3 nitrogen and oxygen atoms in total. The van der Waals surface area contributed by atoms with Crippen LogP contribution in [-0.2, 0) is 4.79 Å². The topological polar surface area (TPSA) is 55.1 Å². The number of benzene rings is 1. The number of hydrogen-bond donors (Lipinski definition) is 2. The highest BCUT2D eigenvalue weighted by atomic mass is 19.1. The first-order valence-corrected chi connectivity index (χ1v) is 6.19. The summed E-state index contributed by atoms with van der Waals surface area (Å²) < 4.78 is 26.4. The summed E-state index contributed by atoms with van der Waals surface area (Å²) >= 11 is 0. The van der Waals surface area contributed by atoms with E-state index < -0.39 is 17.6 Å². The zero-order chi connectivity index (χ0) is 14.6. The third-order valence-electron chi connectivity index (χ3n) is 2.70. The molecular formula is C14H20F2N2O. The van der Waals surface area contributed by atoms with Crippen molar-refractivity contribution in [2.24, 2.45) is 17.1 Å². The molecule has 0 fully saturated rings. The van der Waals surface area contributed by atoms with Gasteiger partial charge < -0.3 is 11.1 Å². The average molecular weight is 270 g/mol. The molecule has 1 atom stereocenters. The van der Waals surface area contributed by atoms with Gasteiger partial charge >= 0.3 is 0 Å². The molecule has 0 saturated heterocycles. The van der Waals surface area contributed by atoms with E-state index in [1.165, 1.54) is 0 Å². The lowest BCUT2D eigenvalue weighted by Gasteiger charge is -2.24. The number of anilines is 1. The second kappa shape index (κ2) is 6.10. The molecule has 0 saturated carbocycles. The van der Waals surface area contributed by atoms with E-state index in [4.69, 9.17) is 5.73 Å². The molecule has 3 N–H and O–H groups in total. The van der Waals surface area contributed by atoms with Crippen LogP contribution in [0.25, 0.3) is 0 Å². The van der Waals surface area contributed by atoms with Crippen LogP contribution >= 0.6 is 0 Å². The van der Waals surface area contributed by atoms with Crippen LogP contribution in [0.4, 0.5) is 14.5 Å². The Morgan fingerprint density at radius 3 is 2.53 bits per heavy atom. The van der Waals surface area contributed by atoms with Crippen molar-refractivity contribution in [3.05, 3.63) is 29.8 Å². The van der Waals surface area contributed by atoms with Gasteiger partial charge in [0.25, 0.3) is 0 Å². The Morgan fingerprint density at radius 2 is 2.00 bits per heavy atom. The molecule has 1 aromatic rings. The predicted molar refractivity (Wildman–Crippen MR) is 71.6 cm³/mol. The molecule has 1 unspecified atom stereocenters. The summed E-state index contributed by atoms with van der Waals surface area (Å²) in [6.45, 7) is 6.14. The number of amides is 1. The van der Waals surface area contributed by atoms with Crippen LogP contribution in [-0.4, -0.2) is 12.5 Å². The molecule has 1 rings (SSSR count). The maximum absolute atomic E-state index is 13.4. The highest BCUT2D eigenvalue weighted by Gasteiger charge is 2.24. The van der Waals surface area contributed by atoms with E-state index in [1.807, 2.05) is 20.8 Å². The molecule has 0 aliphatic rings. The van der Waals surface area contributed by atoms with Gasteiger partial charge in [0.15, 0.2) is 0 Å². The van der Waals surface area contributed by atoms with Crippen molar-refractivity contribution in [3.63, 3.8) is 0 Å². The normalized spacial score (nSPS) is 13.2. The minimum atomic E-state index is -0.665. The van der Waals surface area contributed by atoms with Crippen LogP contribution in [0.1, 0.15) is 27.2 Å². The van der Waals surface area contributed by atoms with E-state index in [-0.39, 0.29) is 23.6 Å². The minimum absolute atomic E-state index is 0.0676. The number of rotatable bonds is 4. The van der Waals surface area contributed by atoms with Crippen molar-refractivity contribution in [1.82, 2.24) is 0 Å². The van der Waals surface area contributed by atoms with E-state index in [0.717, 1.165) is 18.2 Å². The highest BCUT2D eigenvalue weighted by Crippen LogP contribution is 2.25. The lowest BCUT2D eigenvalue weighted by atomic mass is 9.84. The van der Waals surface area contributed by atoms with Gasteiger partial charge in [0.1, 0.15) is 11.6 Å². The van der Waals surface area contributed by atoms with Gasteiger partial charge in [-0.15, -0.1) is 0 Å². The quantitative estimate of drug-likeness (QED) is 0.883. The van der Waals surface area contributed by atoms with Crippen LogP contribution in [0.3, 0.4) is 0 Å². The summed E-state index contributed by atoms with van der Waals surface area (Å²) in [7, 11) is 0. The largest absolute Gasteiger partial charge is 0.330 e. The second-order valence-corrected chi connectivity index (χ2v) is 5.81. The molecule has 0 heterocycles. The summed E-state index contributed by atoms with van der Waals surface area (Å²) in [5.41, 5.74) is 5.35. The lowest BCUT2D eigenvalue weighted by molar-refractivity contribution is -0.120. The lowest BCUT2D eigenvalue weighted by Crippen LogP contribution is -2.32. The monoisotopic (exact) mass is 270 g/mol. The van der Waals surface area contributed by atoms with Gasteiger partial charge in [-0.1, -0.05) is 20.8 Å². The number of carbonyl (C=O) groups is 1. The smallest absolute Gasteiger partial charge is 0.228 e. The number of nitrogens with two attached hydrogens (primary N) is 1. The Hall–Kier alpha value is -1.49. The van der Waals surface area contributed by atoms with E-state index in [1.54, 1.807) is 0 Å². The maximum atomic E-state index is 13.4. The first kappa shape index (κ1) is 15.6. The minimum Gasteiger partial charge on any atom is -0.330 e. The summed E-state index contributed by atoms with van der Waals surface area (Å²) in [5.74, 6) is -2.08. The number of nitrogens with one attached hydrogen (secondary N) is 1. The van der Waals surface area contributed by atoms with Crippen molar-refractivity contribution in [2.45, 2.75) is 27.2 Å². The molecule has 19 heavy (non-hydrogen) atoms. The van der Waals surface area contributed by atoms with E-state index in [0.29, 0.717) is 6.42 Å². The number of halogens is 2. The second-order valence-electron chi connectivity index (χ2n) is 5.81. The van der Waals surface area contributed by atoms with Crippen LogP contribution in [0, 0.1) is 23.0 Å². The van der Waals surface area contributed by atoms with Crippen molar-refractivity contribution in [2.75, 3.05) is 11.9 Å². The van der Waals surface area contributed by atoms with Gasteiger partial charge in [-0.3, -0.25) is 4.79 Å². The molecule has 0 radical (unpaired) electrons. The van der Waals surface area contributed by atoms with E-state index in [9.17, 15) is 13.6 Å². The van der Waals surface area contributed by atoms with E-state index >= 15 is 0 Å². The molecule has 0 aromatic heterocycles. The van der Waals surface area contributed by atoms with Crippen molar-refractivity contribution < 1.29 is 13.6 Å². The van der Waals surface area contributed by atoms with Crippen LogP contribution < -0.4 is 11.1 Å². The van der Waals surface area contributed by atoms with Crippen LogP contribution in [0.2, 0.25) is 0 Å². The first-order valence-electron chi connectivity index (χ1n) is 6.19. The number of hydrogen-bond acceptors (Lipinski definition) is 2. The van der Waals surface area contributed by atoms with Gasteiger partial charge in [-0.25, -0.2) is 8.78 Å². The van der Waals surface area contributed by atoms with Crippen molar-refractivity contribution >= 4 is 11.6 Å². The zero-order valence-electron chi connectivity index (χ0n) is 11.5. The Kier molecular flexibility index (Phi) is 5.00. The Balaban J connectivity index is 2.80. The Morgan fingerprint density at radius 1 is 1.37 bits per heavy atom. The van der Waals surface area contributed by atoms with Gasteiger partial charge in [-0.2, -0.15) is 0 Å². The number of carbonyl (C=O) groups excluding carboxylic acids is 1. The molecule has 0 spiro atoms. The fourth-order valence-corrected chi connectivity index (χ4v) is 1.85. The Labute approximate surface area is 112 Å². The summed E-state index contributed by atoms with van der Waals surface area (Å²) in [6.07, 6.45) is 0.576. The molecular weight excluding hydrogens is 250 g/mol. The zero-order valence-corrected chi connectivity index (χ0v) is 11.5. The highest BCUT2D eigenvalue weighted by molar-refractivity contribution is 5.92. The average Bonchev–Trinajstić information content (AvgIpc) is 2.29. The van der Waals surface area contributed by atoms with Gasteiger partial charge in [0.05, 0.1) is 11.6 Å². The maximum Gasteiger partial charge on any atom is 0.228 e. The SMILES string of the molecule is CC(C)(C)CC(CN)C(=O)Nc1cc(F)ccc1F. The fraction of sp³-hybridized carbons (Fsp3) is 0.500. The summed E-state index contributed by atoms with van der Waals surface area (Å²) in [5, 5.41) is 2.39.